The molecule has 0 saturated heterocycles. The average Bonchev–Trinajstić information content (AvgIpc) is 3.40. The molecule has 440 valence electrons. The Kier molecular flexibility index (Phi) is 107. The smallest absolute Gasteiger partial charge is 0.00934 e. The first-order valence-electron chi connectivity index (χ1n) is 36.4. The second-order valence-corrected chi connectivity index (χ2v) is 686. The van der Waals surface area contributed by atoms with E-state index in [1.54, 1.807) is 19.5 Å². The molecule has 0 saturated carbocycles. The molecule has 73 heteroatoms. The molecule has 0 heterocycles. The summed E-state index contributed by atoms with van der Waals surface area (Å²) in [5.74, 6) is 0. The molecule has 0 aliphatic rings. The minimum absolute atomic E-state index is 0.819. The van der Waals surface area contributed by atoms with Crippen molar-refractivity contribution in [1.29, 1.82) is 0 Å². The summed E-state index contributed by atoms with van der Waals surface area (Å²) in [6, 6.07) is 0. The molecule has 0 radical (unpaired) electrons. The number of rotatable bonds is 70. The molecule has 0 amide bonds. The van der Waals surface area contributed by atoms with Crippen molar-refractivity contribution in [3.05, 3.63) is 0 Å². The maximum absolute atomic E-state index is 1.76. The Bertz CT molecular complexity index is 803. The third-order valence-corrected chi connectivity index (χ3v) is 1430. The van der Waals surface area contributed by atoms with Gasteiger partial charge in [0.15, 0.2) is 0 Å². The third kappa shape index (κ3) is 87.8. The Morgan fingerprint density at radius 1 is 0.0685 bits per heavy atom. The molecule has 0 N–H and O–H groups in total. The predicted octanol–water partition coefficient (Wildman–Crippen LogP) is -67.4. The zero-order chi connectivity index (χ0) is 52.2. The molecule has 0 atom stereocenters. The molecule has 73 heavy (non-hydrogen) atoms. The van der Waals surface area contributed by atoms with Crippen LogP contribution in [0.5, 0.6) is 0 Å². The topological polar surface area (TPSA) is 0 Å². The molecule has 0 fully saturated rings. The molecule has 0 bridgehead atoms. The average molecular weight is 2200 g/mol. The van der Waals surface area contributed by atoms with E-state index in [9.17, 15) is 0 Å². The van der Waals surface area contributed by atoms with Gasteiger partial charge >= 0.3 is 0 Å². The Balaban J connectivity index is 3.07. The van der Waals surface area contributed by atoms with Gasteiger partial charge in [0.05, 0.1) is 0 Å². The molecular formula is H148Si73. The molecule has 0 spiro atoms. The second kappa shape index (κ2) is 87.8. The quantitative estimate of drug-likeness (QED) is 0.0421. The van der Waals surface area contributed by atoms with Crippen LogP contribution in [0.25, 0.3) is 0 Å². The second-order valence-electron chi connectivity index (χ2n) is 25.4. The molecule has 0 aliphatic heterocycles. The van der Waals surface area contributed by atoms with Gasteiger partial charge in [0.1, 0.15) is 0 Å². The third-order valence-electron chi connectivity index (χ3n) is 17.7. The van der Waals surface area contributed by atoms with Gasteiger partial charge < -0.3 is 0 Å². The van der Waals surface area contributed by atoms with Crippen molar-refractivity contribution in [2.45, 2.75) is 0 Å². The van der Waals surface area contributed by atoms with Gasteiger partial charge in [-0.3, -0.25) is 0 Å². The molecule has 0 nitrogen and oxygen atoms in total. The zero-order valence-electron chi connectivity index (χ0n) is 52.2. The van der Waals surface area contributed by atoms with E-state index in [0.29, 0.717) is 0 Å². The minimum Gasteiger partial charge on any atom is -0.0120 e. The Morgan fingerprint density at radius 2 is 0.110 bits per heavy atom. The lowest BCUT2D eigenvalue weighted by molar-refractivity contribution is 3.76. The maximum Gasteiger partial charge on any atom is -0.00934 e. The van der Waals surface area contributed by atoms with Crippen molar-refractivity contribution >= 4 is 627 Å². The van der Waals surface area contributed by atoms with Crippen LogP contribution in [0.1, 0.15) is 0 Å². The highest BCUT2D eigenvalue weighted by Gasteiger charge is 2.05. The largest absolute Gasteiger partial charge is 0.0120 e. The Hall–Kier alpha value is 15.8. The van der Waals surface area contributed by atoms with Crippen LogP contribution in [0, 0.1) is 0 Å². The van der Waals surface area contributed by atoms with E-state index in [2.05, 4.69) is 0 Å². The predicted molar refractivity (Wildman–Crippen MR) is 627 cm³/mol. The molecular weight excluding hydrogens is 2050 g/mol. The van der Waals surface area contributed by atoms with Crippen LogP contribution in [0.2, 0.25) is 0 Å². The van der Waals surface area contributed by atoms with Gasteiger partial charge in [0.2, 0.25) is 0 Å². The fourth-order valence-electron chi connectivity index (χ4n) is 12.3. The Labute approximate surface area is 614 Å². The van der Waals surface area contributed by atoms with Crippen LogP contribution in [-0.4, -0.2) is 627 Å². The first kappa shape index (κ1) is 88.8. The van der Waals surface area contributed by atoms with E-state index in [-0.39, 0.29) is 0 Å². The fourth-order valence-corrected chi connectivity index (χ4v) is 3000. The maximum atomic E-state index is 1.76. The SMILES string of the molecule is [SiH3][SiH2][SiH2][SiH2][SiH2][SiH2][SiH2][SiH2][SiH2][SiH2][SiH2][SiH2][SiH2][SiH2][SiH2][SiH2][SiH2][SiH2][SiH2][SiH2][SiH2][SiH2][SiH2][SiH2][SiH2][SiH2][SiH2][SiH2][SiH2][SiH2][SiH2][SiH2][SiH2][SiH2][SiH2][SiH2][SiH2][SiH2][SiH2][SiH2][SiH2][SiH2][SiH2][SiH2][SiH2][SiH2][SiH2][SiH2][SiH2][SiH2][SiH2][SiH2][SiH2][SiH2][SiH2][SiH2][SiH2][SiH2][SiH2][SiH2][SiH2][SiH2][SiH2][SiH2][SiH2][SiH2][SiH2][SiH2][SiH2][SiH2][SiH2][SiH2][SiH3]. The first-order chi connectivity index (χ1) is 36.4. The van der Waals surface area contributed by atoms with Crippen LogP contribution in [0.3, 0.4) is 0 Å². The van der Waals surface area contributed by atoms with Crippen molar-refractivity contribution < 1.29 is 0 Å². The zero-order valence-corrected chi connectivity index (χ0v) is 157. The monoisotopic (exact) mass is 2190 g/mol. The van der Waals surface area contributed by atoms with Gasteiger partial charge in [-0.25, -0.2) is 0 Å². The van der Waals surface area contributed by atoms with Crippen molar-refractivity contribution in [1.82, 2.24) is 0 Å². The van der Waals surface area contributed by atoms with Gasteiger partial charge in [0.25, 0.3) is 0 Å². The van der Waals surface area contributed by atoms with Crippen LogP contribution >= 0.6 is 0 Å². The minimum atomic E-state index is 0.819. The summed E-state index contributed by atoms with van der Waals surface area (Å²) in [5.41, 5.74) is 0. The molecule has 0 aliphatic carbocycles. The molecule has 0 aromatic carbocycles. The summed E-state index contributed by atoms with van der Waals surface area (Å²) in [4.78, 5) is 0. The van der Waals surface area contributed by atoms with E-state index in [4.69, 9.17) is 0 Å². The van der Waals surface area contributed by atoms with E-state index < -0.39 is 0 Å². The molecule has 0 aromatic heterocycles. The Morgan fingerprint density at radius 3 is 0.151 bits per heavy atom. The first-order valence-corrected chi connectivity index (χ1v) is 328. The lowest BCUT2D eigenvalue weighted by Crippen LogP contribution is -2.38. The highest BCUT2D eigenvalue weighted by Crippen LogP contribution is 1.68. The highest BCUT2D eigenvalue weighted by molar-refractivity contribution is 7.82. The van der Waals surface area contributed by atoms with Gasteiger partial charge in [-0.1, -0.05) is 0 Å². The van der Waals surface area contributed by atoms with Gasteiger partial charge in [-0.2, -0.15) is 0 Å². The lowest BCUT2D eigenvalue weighted by atomic mass is 26.1. The van der Waals surface area contributed by atoms with Crippen LogP contribution in [0.4, 0.5) is 0 Å². The van der Waals surface area contributed by atoms with E-state index in [1.165, 1.54) is 0 Å². The van der Waals surface area contributed by atoms with Gasteiger partial charge in [-0.05, 0) is 627 Å². The highest BCUT2D eigenvalue weighted by atomic mass is 30.1. The number of hydrogen-bond acceptors (Lipinski definition) is 0. The van der Waals surface area contributed by atoms with Crippen molar-refractivity contribution in [3.8, 4) is 0 Å². The van der Waals surface area contributed by atoms with Gasteiger partial charge in [-0.15, -0.1) is 0 Å². The summed E-state index contributed by atoms with van der Waals surface area (Å²) in [7, 11) is 69.9. The summed E-state index contributed by atoms with van der Waals surface area (Å²) in [5, 5.41) is 0. The standard InChI is InChI=1S/H148Si73/c1-3-5-7-9-11-13-15-17-19-21-23-25-27-29-31-33-35-37-39-41-43-45-47-49-51-53-55-57-59-61-63-65-67-69-71-73-72-70-68-66-64-62-60-58-56-54-52-50-48-46-44-42-40-38-36-34-32-30-28-26-24-22-20-18-16-14-12-10-8-6-4-2/h3-73H2,1-2H3. The van der Waals surface area contributed by atoms with Crippen LogP contribution in [-0.2, 0) is 0 Å². The summed E-state index contributed by atoms with van der Waals surface area (Å²) in [6.07, 6.45) is 0. The summed E-state index contributed by atoms with van der Waals surface area (Å²) in [6.45, 7) is 0. The summed E-state index contributed by atoms with van der Waals surface area (Å²) < 4.78 is 0. The van der Waals surface area contributed by atoms with E-state index >= 15 is 0 Å². The number of hydrogen-bond donors (Lipinski definition) is 0. The van der Waals surface area contributed by atoms with Crippen LogP contribution in [0.15, 0.2) is 0 Å². The van der Waals surface area contributed by atoms with Crippen molar-refractivity contribution in [2.75, 3.05) is 0 Å². The summed E-state index contributed by atoms with van der Waals surface area (Å²) >= 11 is 0. The van der Waals surface area contributed by atoms with Crippen molar-refractivity contribution in [3.63, 3.8) is 0 Å². The molecule has 0 aromatic rings. The fraction of sp³-hybridized carbons (Fsp3) is 0. The molecule has 0 rings (SSSR count). The van der Waals surface area contributed by atoms with Gasteiger partial charge in [0, 0.05) is 0 Å². The van der Waals surface area contributed by atoms with E-state index in [1.807, 2.05) is 0 Å². The normalized spacial score (nSPS) is 23.5. The van der Waals surface area contributed by atoms with Crippen LogP contribution < -0.4 is 0 Å². The lowest BCUT2D eigenvalue weighted by Gasteiger charge is -2.01. The van der Waals surface area contributed by atoms with Crippen molar-refractivity contribution in [2.24, 2.45) is 0 Å². The van der Waals surface area contributed by atoms with E-state index in [0.717, 1.165) is 607 Å². The molecule has 0 unspecified atom stereocenters.